The minimum Gasteiger partial charge on any atom is -0.505 e. The van der Waals surface area contributed by atoms with E-state index in [4.69, 9.17) is 9.16 Å². The molecule has 0 saturated carbocycles. The topological polar surface area (TPSA) is 38.7 Å². The lowest BCUT2D eigenvalue weighted by atomic mass is 10.0. The number of benzene rings is 1. The number of aliphatic hydroxyl groups excluding tert-OH is 1. The standard InChI is InChI=1S/C15H24O3Si/c1-17-11-10-14(18-19(2,3)4)12-15(16)13-8-6-5-7-9-13/h5-11,14-16H,12H2,1-4H3/b11-10+/t14-,15+/m0/s1. The number of ether oxygens (including phenoxy) is 1. The first-order valence-electron chi connectivity index (χ1n) is 6.52. The molecule has 0 spiro atoms. The van der Waals surface area contributed by atoms with Crippen LogP contribution in [0.15, 0.2) is 42.7 Å². The fraction of sp³-hybridized carbons (Fsp3) is 0.467. The van der Waals surface area contributed by atoms with E-state index in [1.165, 1.54) is 0 Å². The molecule has 2 atom stereocenters. The van der Waals surface area contributed by atoms with Crippen LogP contribution < -0.4 is 0 Å². The van der Waals surface area contributed by atoms with Crippen molar-refractivity contribution < 1.29 is 14.3 Å². The van der Waals surface area contributed by atoms with Crippen LogP contribution >= 0.6 is 0 Å². The van der Waals surface area contributed by atoms with Crippen molar-refractivity contribution in [1.82, 2.24) is 0 Å². The third-order valence-corrected chi connectivity index (χ3v) is 3.58. The highest BCUT2D eigenvalue weighted by Gasteiger charge is 2.22. The van der Waals surface area contributed by atoms with Gasteiger partial charge in [-0.3, -0.25) is 0 Å². The SMILES string of the molecule is CO/C=C/[C@@H](C[C@@H](O)c1ccccc1)O[Si](C)(C)C. The number of rotatable bonds is 7. The monoisotopic (exact) mass is 280 g/mol. The Hall–Kier alpha value is -1.10. The predicted molar refractivity (Wildman–Crippen MR) is 80.4 cm³/mol. The van der Waals surface area contributed by atoms with E-state index < -0.39 is 14.4 Å². The predicted octanol–water partition coefficient (Wildman–Crippen LogP) is 3.49. The highest BCUT2D eigenvalue weighted by Crippen LogP contribution is 2.22. The lowest BCUT2D eigenvalue weighted by molar-refractivity contribution is 0.111. The molecule has 0 amide bonds. The normalized spacial score (nSPS) is 15.4. The molecule has 1 rings (SSSR count). The molecule has 0 saturated heterocycles. The second kappa shape index (κ2) is 7.48. The van der Waals surface area contributed by atoms with E-state index in [-0.39, 0.29) is 6.10 Å². The Bertz CT molecular complexity index is 384. The Morgan fingerprint density at radius 2 is 1.84 bits per heavy atom. The van der Waals surface area contributed by atoms with E-state index in [9.17, 15) is 5.11 Å². The largest absolute Gasteiger partial charge is 0.505 e. The van der Waals surface area contributed by atoms with E-state index in [0.717, 1.165) is 5.56 Å². The molecule has 0 heterocycles. The van der Waals surface area contributed by atoms with Crippen LogP contribution in [-0.4, -0.2) is 26.6 Å². The summed E-state index contributed by atoms with van der Waals surface area (Å²) < 4.78 is 11.0. The molecular weight excluding hydrogens is 256 g/mol. The third kappa shape index (κ3) is 6.57. The lowest BCUT2D eigenvalue weighted by Crippen LogP contribution is -2.32. The average molecular weight is 280 g/mol. The summed E-state index contributed by atoms with van der Waals surface area (Å²) in [4.78, 5) is 0. The zero-order chi connectivity index (χ0) is 14.3. The summed E-state index contributed by atoms with van der Waals surface area (Å²) in [5.74, 6) is 0. The summed E-state index contributed by atoms with van der Waals surface area (Å²) in [6.45, 7) is 6.40. The maximum atomic E-state index is 10.2. The van der Waals surface area contributed by atoms with Gasteiger partial charge in [0, 0.05) is 6.42 Å². The van der Waals surface area contributed by atoms with E-state index in [1.54, 1.807) is 13.4 Å². The second-order valence-electron chi connectivity index (χ2n) is 5.50. The van der Waals surface area contributed by atoms with Crippen LogP contribution in [0.2, 0.25) is 19.6 Å². The number of hydrogen-bond acceptors (Lipinski definition) is 3. The van der Waals surface area contributed by atoms with Crippen molar-refractivity contribution in [2.75, 3.05) is 7.11 Å². The summed E-state index contributed by atoms with van der Waals surface area (Å²) in [5, 5.41) is 10.2. The van der Waals surface area contributed by atoms with Crippen LogP contribution in [0, 0.1) is 0 Å². The highest BCUT2D eigenvalue weighted by atomic mass is 28.4. The maximum Gasteiger partial charge on any atom is 0.184 e. The number of methoxy groups -OCH3 is 1. The maximum absolute atomic E-state index is 10.2. The van der Waals surface area contributed by atoms with Crippen LogP contribution in [0.3, 0.4) is 0 Å². The fourth-order valence-electron chi connectivity index (χ4n) is 1.82. The molecule has 1 aromatic rings. The van der Waals surface area contributed by atoms with Crippen molar-refractivity contribution in [2.45, 2.75) is 38.3 Å². The van der Waals surface area contributed by atoms with E-state index >= 15 is 0 Å². The first-order chi connectivity index (χ1) is 8.92. The van der Waals surface area contributed by atoms with Gasteiger partial charge in [-0.25, -0.2) is 0 Å². The van der Waals surface area contributed by atoms with Gasteiger partial charge in [0.05, 0.1) is 25.6 Å². The quantitative estimate of drug-likeness (QED) is 0.614. The molecule has 19 heavy (non-hydrogen) atoms. The van der Waals surface area contributed by atoms with Crippen molar-refractivity contribution in [3.8, 4) is 0 Å². The Labute approximate surface area is 117 Å². The Kier molecular flexibility index (Phi) is 6.28. The summed E-state index contributed by atoms with van der Waals surface area (Å²) >= 11 is 0. The van der Waals surface area contributed by atoms with Gasteiger partial charge in [-0.1, -0.05) is 30.3 Å². The van der Waals surface area contributed by atoms with E-state index in [2.05, 4.69) is 19.6 Å². The highest BCUT2D eigenvalue weighted by molar-refractivity contribution is 6.69. The molecule has 1 aromatic carbocycles. The average Bonchev–Trinajstić information content (AvgIpc) is 2.35. The van der Waals surface area contributed by atoms with Gasteiger partial charge in [0.15, 0.2) is 8.32 Å². The van der Waals surface area contributed by atoms with E-state index in [1.807, 2.05) is 36.4 Å². The summed E-state index contributed by atoms with van der Waals surface area (Å²) in [7, 11) is -0.0491. The molecule has 1 N–H and O–H groups in total. The van der Waals surface area contributed by atoms with Gasteiger partial charge in [0.2, 0.25) is 0 Å². The lowest BCUT2D eigenvalue weighted by Gasteiger charge is -2.26. The zero-order valence-electron chi connectivity index (χ0n) is 12.2. The van der Waals surface area contributed by atoms with Crippen molar-refractivity contribution in [3.05, 3.63) is 48.2 Å². The van der Waals surface area contributed by atoms with Crippen LogP contribution in [-0.2, 0) is 9.16 Å². The first-order valence-corrected chi connectivity index (χ1v) is 9.93. The molecule has 3 nitrogen and oxygen atoms in total. The third-order valence-electron chi connectivity index (χ3n) is 2.57. The first kappa shape index (κ1) is 16.0. The number of hydrogen-bond donors (Lipinski definition) is 1. The van der Waals surface area contributed by atoms with Gasteiger partial charge in [-0.15, -0.1) is 0 Å². The fourth-order valence-corrected chi connectivity index (χ4v) is 2.90. The minimum atomic E-state index is -1.66. The summed E-state index contributed by atoms with van der Waals surface area (Å²) in [6, 6.07) is 9.65. The summed E-state index contributed by atoms with van der Waals surface area (Å²) in [6.07, 6.45) is 3.37. The van der Waals surface area contributed by atoms with Crippen LogP contribution in [0.25, 0.3) is 0 Å². The molecule has 0 aliphatic carbocycles. The Morgan fingerprint density at radius 1 is 1.21 bits per heavy atom. The molecular formula is C15H24O3Si. The molecule has 0 unspecified atom stereocenters. The zero-order valence-corrected chi connectivity index (χ0v) is 13.2. The molecule has 0 bridgehead atoms. The molecule has 0 aliphatic rings. The second-order valence-corrected chi connectivity index (χ2v) is 9.96. The van der Waals surface area contributed by atoms with Gasteiger partial charge in [-0.2, -0.15) is 0 Å². The van der Waals surface area contributed by atoms with Crippen molar-refractivity contribution in [1.29, 1.82) is 0 Å². The minimum absolute atomic E-state index is 0.123. The Balaban J connectivity index is 2.69. The van der Waals surface area contributed by atoms with Gasteiger partial charge in [0.25, 0.3) is 0 Å². The van der Waals surface area contributed by atoms with Crippen LogP contribution in [0.1, 0.15) is 18.1 Å². The van der Waals surface area contributed by atoms with Crippen molar-refractivity contribution in [2.24, 2.45) is 0 Å². The van der Waals surface area contributed by atoms with Gasteiger partial charge in [-0.05, 0) is 31.3 Å². The van der Waals surface area contributed by atoms with E-state index in [0.29, 0.717) is 6.42 Å². The van der Waals surface area contributed by atoms with Gasteiger partial charge >= 0.3 is 0 Å². The van der Waals surface area contributed by atoms with Crippen LogP contribution in [0.5, 0.6) is 0 Å². The molecule has 4 heteroatoms. The van der Waals surface area contributed by atoms with Crippen LogP contribution in [0.4, 0.5) is 0 Å². The summed E-state index contributed by atoms with van der Waals surface area (Å²) in [5.41, 5.74) is 0.914. The van der Waals surface area contributed by atoms with Gasteiger partial charge < -0.3 is 14.3 Å². The number of aliphatic hydroxyl groups is 1. The molecule has 0 aromatic heterocycles. The molecule has 0 fully saturated rings. The van der Waals surface area contributed by atoms with Gasteiger partial charge in [0.1, 0.15) is 0 Å². The molecule has 0 aliphatic heterocycles. The van der Waals surface area contributed by atoms with Crippen molar-refractivity contribution in [3.63, 3.8) is 0 Å². The smallest absolute Gasteiger partial charge is 0.184 e. The molecule has 0 radical (unpaired) electrons. The molecule has 106 valence electrons. The van der Waals surface area contributed by atoms with Crippen molar-refractivity contribution >= 4 is 8.32 Å². The Morgan fingerprint density at radius 3 is 2.37 bits per heavy atom.